The number of rotatable bonds is 5. The number of hydrogen-bond acceptors (Lipinski definition) is 2. The van der Waals surface area contributed by atoms with E-state index in [0.29, 0.717) is 6.04 Å². The molecule has 2 aromatic rings. The third kappa shape index (κ3) is 3.71. The van der Waals surface area contributed by atoms with Gasteiger partial charge in [0.25, 0.3) is 0 Å². The fourth-order valence-electron chi connectivity index (χ4n) is 3.15. The van der Waals surface area contributed by atoms with E-state index in [1.807, 2.05) is 6.07 Å². The van der Waals surface area contributed by atoms with Crippen LogP contribution in [0.3, 0.4) is 0 Å². The lowest BCUT2D eigenvalue weighted by Crippen LogP contribution is -2.21. The Labute approximate surface area is 136 Å². The third-order valence-electron chi connectivity index (χ3n) is 4.17. The van der Waals surface area contributed by atoms with E-state index in [2.05, 4.69) is 35.3 Å². The van der Waals surface area contributed by atoms with E-state index < -0.39 is 0 Å². The summed E-state index contributed by atoms with van der Waals surface area (Å²) in [4.78, 5) is 1.32. The molecular formula is C17H23ClN2S. The van der Waals surface area contributed by atoms with Crippen molar-refractivity contribution in [2.75, 3.05) is 6.54 Å². The van der Waals surface area contributed by atoms with Crippen LogP contribution in [0.15, 0.2) is 24.5 Å². The molecule has 2 aromatic heterocycles. The maximum Gasteiger partial charge on any atom is 0.0931 e. The van der Waals surface area contributed by atoms with Crippen molar-refractivity contribution in [1.29, 1.82) is 0 Å². The first kappa shape index (κ1) is 15.1. The van der Waals surface area contributed by atoms with Crippen molar-refractivity contribution in [1.82, 2.24) is 9.88 Å². The molecule has 0 radical (unpaired) electrons. The summed E-state index contributed by atoms with van der Waals surface area (Å²) in [6.45, 7) is 4.27. The van der Waals surface area contributed by atoms with Crippen molar-refractivity contribution in [2.45, 2.75) is 51.6 Å². The van der Waals surface area contributed by atoms with Gasteiger partial charge in [0, 0.05) is 23.3 Å². The second kappa shape index (κ2) is 6.99. The van der Waals surface area contributed by atoms with E-state index in [4.69, 9.17) is 11.6 Å². The van der Waals surface area contributed by atoms with Crippen LogP contribution < -0.4 is 5.32 Å². The van der Waals surface area contributed by atoms with E-state index in [1.165, 1.54) is 48.1 Å². The first-order chi connectivity index (χ1) is 10.3. The van der Waals surface area contributed by atoms with Gasteiger partial charge in [-0.1, -0.05) is 24.9 Å². The molecule has 1 aliphatic rings. The van der Waals surface area contributed by atoms with Gasteiger partial charge in [-0.2, -0.15) is 0 Å². The molecule has 0 bridgehead atoms. The number of nitrogens with zero attached hydrogens (tertiary/aromatic N) is 1. The van der Waals surface area contributed by atoms with E-state index >= 15 is 0 Å². The second-order valence-corrected chi connectivity index (χ2v) is 7.67. The molecule has 0 aromatic carbocycles. The molecule has 0 aliphatic heterocycles. The van der Waals surface area contributed by atoms with Crippen LogP contribution in [0.5, 0.6) is 0 Å². The lowest BCUT2D eigenvalue weighted by molar-refractivity contribution is 0.488. The minimum atomic E-state index is 0.538. The number of fused-ring (bicyclic) bond motifs is 1. The molecule has 0 saturated carbocycles. The Hall–Kier alpha value is -0.770. The van der Waals surface area contributed by atoms with Crippen LogP contribution in [0.4, 0.5) is 0 Å². The Kier molecular flexibility index (Phi) is 5.04. The highest BCUT2D eigenvalue weighted by Gasteiger charge is 2.20. The molecule has 0 fully saturated rings. The largest absolute Gasteiger partial charge is 0.348 e. The number of nitrogens with one attached hydrogen (secondary N) is 1. The Morgan fingerprint density at radius 2 is 2.24 bits per heavy atom. The predicted molar refractivity (Wildman–Crippen MR) is 91.5 cm³/mol. The third-order valence-corrected chi connectivity index (χ3v) is 5.39. The zero-order valence-corrected chi connectivity index (χ0v) is 14.1. The van der Waals surface area contributed by atoms with E-state index in [9.17, 15) is 0 Å². The van der Waals surface area contributed by atoms with Crippen LogP contribution in [-0.2, 0) is 13.0 Å². The van der Waals surface area contributed by atoms with Crippen molar-refractivity contribution in [3.05, 3.63) is 44.9 Å². The normalized spacial score (nSPS) is 18.5. The summed E-state index contributed by atoms with van der Waals surface area (Å²) in [5.41, 5.74) is 3.05. The highest BCUT2D eigenvalue weighted by atomic mass is 35.5. The van der Waals surface area contributed by atoms with Gasteiger partial charge in [0.05, 0.1) is 10.9 Å². The maximum atomic E-state index is 6.03. The number of thiophene rings is 1. The van der Waals surface area contributed by atoms with E-state index in [-0.39, 0.29) is 0 Å². The Morgan fingerprint density at radius 1 is 1.33 bits per heavy atom. The Morgan fingerprint density at radius 3 is 3.00 bits per heavy atom. The summed E-state index contributed by atoms with van der Waals surface area (Å²) in [5.74, 6) is 0. The molecular weight excluding hydrogens is 300 g/mol. The standard InChI is InChI=1S/C17H23ClN2S/c1-2-9-19-16-6-4-3-5-13-10-20(12-15(13)16)11-14-7-8-17(18)21-14/h7-8,10,12,16,19H,2-6,9,11H2,1H3. The van der Waals surface area contributed by atoms with Crippen molar-refractivity contribution in [3.8, 4) is 0 Å². The van der Waals surface area contributed by atoms with Gasteiger partial charge in [0.2, 0.25) is 0 Å². The lowest BCUT2D eigenvalue weighted by atomic mass is 10.0. The van der Waals surface area contributed by atoms with Gasteiger partial charge < -0.3 is 9.88 Å². The highest BCUT2D eigenvalue weighted by Crippen LogP contribution is 2.30. The minimum absolute atomic E-state index is 0.538. The summed E-state index contributed by atoms with van der Waals surface area (Å²) < 4.78 is 3.21. The number of aryl methyl sites for hydroxylation is 1. The van der Waals surface area contributed by atoms with Gasteiger partial charge in [0.1, 0.15) is 0 Å². The number of aromatic nitrogens is 1. The first-order valence-electron chi connectivity index (χ1n) is 7.92. The summed E-state index contributed by atoms with van der Waals surface area (Å²) in [6, 6.07) is 4.66. The SMILES string of the molecule is CCCNC1CCCCc2cn(Cc3ccc(Cl)s3)cc21. The van der Waals surface area contributed by atoms with Crippen LogP contribution in [0.1, 0.15) is 54.7 Å². The molecule has 1 atom stereocenters. The summed E-state index contributed by atoms with van der Waals surface area (Å²) in [5, 5.41) is 3.72. The van der Waals surface area contributed by atoms with Crippen LogP contribution in [-0.4, -0.2) is 11.1 Å². The molecule has 21 heavy (non-hydrogen) atoms. The second-order valence-electron chi connectivity index (χ2n) is 5.87. The zero-order chi connectivity index (χ0) is 14.7. The van der Waals surface area contributed by atoms with Gasteiger partial charge in [0.15, 0.2) is 0 Å². The number of halogens is 1. The van der Waals surface area contributed by atoms with Gasteiger partial charge in [-0.05, 0) is 55.5 Å². The summed E-state index contributed by atoms with van der Waals surface area (Å²) in [7, 11) is 0. The molecule has 2 heterocycles. The van der Waals surface area contributed by atoms with Crippen LogP contribution in [0, 0.1) is 0 Å². The molecule has 2 nitrogen and oxygen atoms in total. The summed E-state index contributed by atoms with van der Waals surface area (Å²) in [6.07, 6.45) is 11.0. The van der Waals surface area contributed by atoms with E-state index in [1.54, 1.807) is 11.3 Å². The highest BCUT2D eigenvalue weighted by molar-refractivity contribution is 7.16. The van der Waals surface area contributed by atoms with Gasteiger partial charge in [-0.15, -0.1) is 11.3 Å². The van der Waals surface area contributed by atoms with Gasteiger partial charge >= 0.3 is 0 Å². The predicted octanol–water partition coefficient (Wildman–Crippen LogP) is 5.02. The fourth-order valence-corrected chi connectivity index (χ4v) is 4.25. The quantitative estimate of drug-likeness (QED) is 0.765. The monoisotopic (exact) mass is 322 g/mol. The first-order valence-corrected chi connectivity index (χ1v) is 9.12. The average Bonchev–Trinajstić information content (AvgIpc) is 3.00. The number of hydrogen-bond donors (Lipinski definition) is 1. The molecule has 1 N–H and O–H groups in total. The average molecular weight is 323 g/mol. The Balaban J connectivity index is 1.79. The van der Waals surface area contributed by atoms with Crippen molar-refractivity contribution < 1.29 is 0 Å². The summed E-state index contributed by atoms with van der Waals surface area (Å²) >= 11 is 7.71. The minimum Gasteiger partial charge on any atom is -0.348 e. The molecule has 1 aliphatic carbocycles. The zero-order valence-electron chi connectivity index (χ0n) is 12.6. The maximum absolute atomic E-state index is 6.03. The van der Waals surface area contributed by atoms with Crippen LogP contribution >= 0.6 is 22.9 Å². The molecule has 114 valence electrons. The topological polar surface area (TPSA) is 17.0 Å². The molecule has 1 unspecified atom stereocenters. The smallest absolute Gasteiger partial charge is 0.0931 e. The van der Waals surface area contributed by atoms with Crippen LogP contribution in [0.25, 0.3) is 0 Å². The van der Waals surface area contributed by atoms with Gasteiger partial charge in [-0.25, -0.2) is 0 Å². The van der Waals surface area contributed by atoms with Crippen molar-refractivity contribution in [2.24, 2.45) is 0 Å². The molecule has 4 heteroatoms. The molecule has 0 spiro atoms. The Bertz CT molecular complexity index is 587. The van der Waals surface area contributed by atoms with Crippen LogP contribution in [0.2, 0.25) is 4.34 Å². The van der Waals surface area contributed by atoms with Gasteiger partial charge in [-0.3, -0.25) is 0 Å². The molecule has 3 rings (SSSR count). The lowest BCUT2D eigenvalue weighted by Gasteiger charge is -2.16. The molecule has 0 amide bonds. The van der Waals surface area contributed by atoms with E-state index in [0.717, 1.165) is 17.4 Å². The van der Waals surface area contributed by atoms with Crippen molar-refractivity contribution >= 4 is 22.9 Å². The van der Waals surface area contributed by atoms with Crippen molar-refractivity contribution in [3.63, 3.8) is 0 Å². The fraction of sp³-hybridized carbons (Fsp3) is 0.529. The molecule has 0 saturated heterocycles.